The lowest BCUT2D eigenvalue weighted by atomic mass is 10.0. The van der Waals surface area contributed by atoms with Gasteiger partial charge in [-0.05, 0) is 47.3 Å². The Hall–Kier alpha value is -1.06. The lowest BCUT2D eigenvalue weighted by Crippen LogP contribution is -2.10. The maximum Gasteiger partial charge on any atom is 0.134 e. The van der Waals surface area contributed by atoms with E-state index in [1.165, 1.54) is 11.1 Å². The van der Waals surface area contributed by atoms with Gasteiger partial charge in [-0.25, -0.2) is 0 Å². The molecule has 1 aromatic carbocycles. The zero-order valence-corrected chi connectivity index (χ0v) is 11.4. The summed E-state index contributed by atoms with van der Waals surface area (Å²) in [6.07, 6.45) is 3.51. The molecule has 0 aliphatic rings. The summed E-state index contributed by atoms with van der Waals surface area (Å²) in [5, 5.41) is 0. The van der Waals surface area contributed by atoms with Crippen molar-refractivity contribution in [3.05, 3.63) is 58.0 Å². The third-order valence-electron chi connectivity index (χ3n) is 2.85. The van der Waals surface area contributed by atoms with Crippen molar-refractivity contribution >= 4 is 15.9 Å². The van der Waals surface area contributed by atoms with Gasteiger partial charge in [0.25, 0.3) is 0 Å². The highest BCUT2D eigenvalue weighted by atomic mass is 79.9. The predicted molar refractivity (Wildman–Crippen MR) is 72.8 cm³/mol. The normalized spacial score (nSPS) is 12.6. The van der Waals surface area contributed by atoms with Crippen LogP contribution in [0.2, 0.25) is 0 Å². The van der Waals surface area contributed by atoms with Gasteiger partial charge in [0, 0.05) is 0 Å². The summed E-state index contributed by atoms with van der Waals surface area (Å²) in [4.78, 5) is 0. The van der Waals surface area contributed by atoms with Gasteiger partial charge in [-0.2, -0.15) is 0 Å². The van der Waals surface area contributed by atoms with E-state index in [1.54, 1.807) is 6.26 Å². The van der Waals surface area contributed by atoms with E-state index in [2.05, 4.69) is 47.1 Å². The lowest BCUT2D eigenvalue weighted by Gasteiger charge is -2.09. The summed E-state index contributed by atoms with van der Waals surface area (Å²) >= 11 is 3.43. The number of hydrogen-bond donors (Lipinski definition) is 1. The Morgan fingerprint density at radius 1 is 1.24 bits per heavy atom. The van der Waals surface area contributed by atoms with Crippen molar-refractivity contribution in [2.45, 2.75) is 25.8 Å². The van der Waals surface area contributed by atoms with Crippen molar-refractivity contribution in [1.29, 1.82) is 0 Å². The van der Waals surface area contributed by atoms with Crippen LogP contribution in [0.25, 0.3) is 0 Å². The Morgan fingerprint density at radius 2 is 1.94 bits per heavy atom. The van der Waals surface area contributed by atoms with Crippen molar-refractivity contribution in [3.8, 4) is 0 Å². The number of benzene rings is 1. The summed E-state index contributed by atoms with van der Waals surface area (Å²) < 4.78 is 6.31. The molecular formula is C14H16BrNO. The van der Waals surface area contributed by atoms with Crippen LogP contribution >= 0.6 is 15.9 Å². The molecule has 2 N–H and O–H groups in total. The molecule has 0 saturated carbocycles. The molecule has 2 nitrogen and oxygen atoms in total. The maximum atomic E-state index is 6.09. The second-order valence-corrected chi connectivity index (χ2v) is 5.12. The van der Waals surface area contributed by atoms with Crippen molar-refractivity contribution in [3.63, 3.8) is 0 Å². The fourth-order valence-electron chi connectivity index (χ4n) is 1.78. The molecule has 0 fully saturated rings. The molecule has 0 radical (unpaired) electrons. The molecule has 2 aromatic rings. The average molecular weight is 294 g/mol. The van der Waals surface area contributed by atoms with E-state index in [9.17, 15) is 0 Å². The summed E-state index contributed by atoms with van der Waals surface area (Å²) in [7, 11) is 0. The highest BCUT2D eigenvalue weighted by molar-refractivity contribution is 9.10. The third kappa shape index (κ3) is 3.20. The molecule has 0 aliphatic heterocycles. The van der Waals surface area contributed by atoms with Crippen LogP contribution in [-0.4, -0.2) is 0 Å². The van der Waals surface area contributed by atoms with Crippen LogP contribution < -0.4 is 5.73 Å². The van der Waals surface area contributed by atoms with Gasteiger partial charge in [0.2, 0.25) is 0 Å². The van der Waals surface area contributed by atoms with Gasteiger partial charge in [0.1, 0.15) is 5.76 Å². The fraction of sp³-hybridized carbons (Fsp3) is 0.286. The van der Waals surface area contributed by atoms with E-state index in [0.717, 1.165) is 23.1 Å². The van der Waals surface area contributed by atoms with Crippen molar-refractivity contribution in [1.82, 2.24) is 0 Å². The first-order chi connectivity index (χ1) is 8.16. The Balaban J connectivity index is 1.94. The molecule has 2 rings (SSSR count). The lowest BCUT2D eigenvalue weighted by molar-refractivity contribution is 0.450. The van der Waals surface area contributed by atoms with Gasteiger partial charge in [0.15, 0.2) is 0 Å². The molecule has 90 valence electrons. The van der Waals surface area contributed by atoms with Gasteiger partial charge in [-0.1, -0.05) is 29.8 Å². The molecule has 0 aliphatic carbocycles. The minimum Gasteiger partial charge on any atom is -0.466 e. The summed E-state index contributed by atoms with van der Waals surface area (Å²) in [6, 6.07) is 10.4. The zero-order chi connectivity index (χ0) is 12.3. The number of furan rings is 1. The van der Waals surface area contributed by atoms with Gasteiger partial charge < -0.3 is 10.2 Å². The first-order valence-electron chi connectivity index (χ1n) is 5.71. The molecule has 0 bridgehead atoms. The minimum atomic E-state index is -0.0549. The number of aryl methyl sites for hydroxylation is 2. The molecule has 1 atom stereocenters. The Labute approximate surface area is 110 Å². The van der Waals surface area contributed by atoms with Gasteiger partial charge >= 0.3 is 0 Å². The van der Waals surface area contributed by atoms with Gasteiger partial charge in [0.05, 0.1) is 16.8 Å². The summed E-state index contributed by atoms with van der Waals surface area (Å²) in [5.41, 5.74) is 8.69. The molecule has 1 heterocycles. The Bertz CT molecular complexity index is 475. The van der Waals surface area contributed by atoms with Gasteiger partial charge in [-0.15, -0.1) is 0 Å². The zero-order valence-electron chi connectivity index (χ0n) is 9.82. The van der Waals surface area contributed by atoms with E-state index >= 15 is 0 Å². The highest BCUT2D eigenvalue weighted by Crippen LogP contribution is 2.25. The molecule has 0 saturated heterocycles. The second-order valence-electron chi connectivity index (χ2n) is 4.26. The van der Waals surface area contributed by atoms with Crippen molar-refractivity contribution in [2.24, 2.45) is 5.73 Å². The SMILES string of the molecule is Cc1ccc(CCC(N)c2occc2Br)cc1. The standard InChI is InChI=1S/C14H16BrNO/c1-10-2-4-11(5-3-10)6-7-13(16)14-12(15)8-9-17-14/h2-5,8-9,13H,6-7,16H2,1H3. The smallest absolute Gasteiger partial charge is 0.134 e. The largest absolute Gasteiger partial charge is 0.466 e. The molecular weight excluding hydrogens is 278 g/mol. The molecule has 0 amide bonds. The van der Waals surface area contributed by atoms with Crippen molar-refractivity contribution in [2.75, 3.05) is 0 Å². The predicted octanol–water partition coefficient (Wildman–Crippen LogP) is 3.98. The minimum absolute atomic E-state index is 0.0549. The van der Waals surface area contributed by atoms with Crippen LogP contribution in [0.1, 0.15) is 29.3 Å². The fourth-order valence-corrected chi connectivity index (χ4v) is 2.27. The highest BCUT2D eigenvalue weighted by Gasteiger charge is 2.13. The van der Waals surface area contributed by atoms with Crippen LogP contribution in [0.3, 0.4) is 0 Å². The van der Waals surface area contributed by atoms with Crippen LogP contribution in [-0.2, 0) is 6.42 Å². The van der Waals surface area contributed by atoms with E-state index in [4.69, 9.17) is 10.2 Å². The average Bonchev–Trinajstić information content (AvgIpc) is 2.74. The van der Waals surface area contributed by atoms with E-state index in [0.29, 0.717) is 0 Å². The number of nitrogens with two attached hydrogens (primary N) is 1. The molecule has 1 unspecified atom stereocenters. The molecule has 1 aromatic heterocycles. The molecule has 0 spiro atoms. The first-order valence-corrected chi connectivity index (χ1v) is 6.50. The monoisotopic (exact) mass is 293 g/mol. The molecule has 17 heavy (non-hydrogen) atoms. The van der Waals surface area contributed by atoms with E-state index in [-0.39, 0.29) is 6.04 Å². The first kappa shape index (κ1) is 12.4. The van der Waals surface area contributed by atoms with E-state index in [1.807, 2.05) is 6.07 Å². The third-order valence-corrected chi connectivity index (χ3v) is 3.50. The van der Waals surface area contributed by atoms with Crippen LogP contribution in [0.15, 0.2) is 45.5 Å². The quantitative estimate of drug-likeness (QED) is 0.926. The second kappa shape index (κ2) is 5.52. The maximum absolute atomic E-state index is 6.09. The van der Waals surface area contributed by atoms with Crippen LogP contribution in [0.4, 0.5) is 0 Å². The molecule has 3 heteroatoms. The number of rotatable bonds is 4. The number of hydrogen-bond acceptors (Lipinski definition) is 2. The summed E-state index contributed by atoms with van der Waals surface area (Å²) in [6.45, 7) is 2.09. The van der Waals surface area contributed by atoms with Crippen LogP contribution in [0, 0.1) is 6.92 Å². The topological polar surface area (TPSA) is 39.2 Å². The Kier molecular flexibility index (Phi) is 4.02. The summed E-state index contributed by atoms with van der Waals surface area (Å²) in [5.74, 6) is 0.831. The Morgan fingerprint density at radius 3 is 2.53 bits per heavy atom. The van der Waals surface area contributed by atoms with Gasteiger partial charge in [-0.3, -0.25) is 0 Å². The van der Waals surface area contributed by atoms with Crippen molar-refractivity contribution < 1.29 is 4.42 Å². The van der Waals surface area contributed by atoms with E-state index < -0.39 is 0 Å². The number of halogens is 1. The van der Waals surface area contributed by atoms with Crippen LogP contribution in [0.5, 0.6) is 0 Å².